The van der Waals surface area contributed by atoms with Gasteiger partial charge in [-0.2, -0.15) is 13.2 Å². The van der Waals surface area contributed by atoms with E-state index in [4.69, 9.17) is 4.74 Å². The van der Waals surface area contributed by atoms with Gasteiger partial charge in [0.25, 0.3) is 5.91 Å². The second-order valence-corrected chi connectivity index (χ2v) is 7.11. The number of aromatic nitrogens is 5. The number of hydrogen-bond acceptors (Lipinski definition) is 6. The minimum absolute atomic E-state index is 0.320. The molecule has 0 saturated carbocycles. The van der Waals surface area contributed by atoms with E-state index < -0.39 is 17.9 Å². The number of carbonyl (C=O) groups excluding carboxylic acids is 1. The van der Waals surface area contributed by atoms with Gasteiger partial charge < -0.3 is 14.6 Å². The third-order valence-corrected chi connectivity index (χ3v) is 4.93. The number of rotatable bonds is 5. The number of aryl methyl sites for hydroxylation is 1. The van der Waals surface area contributed by atoms with Crippen LogP contribution < -0.4 is 5.32 Å². The van der Waals surface area contributed by atoms with Crippen LogP contribution >= 0.6 is 0 Å². The molecule has 3 aromatic rings. The van der Waals surface area contributed by atoms with Gasteiger partial charge in [0.1, 0.15) is 17.8 Å². The minimum atomic E-state index is -4.73. The Kier molecular flexibility index (Phi) is 4.98. The topological polar surface area (TPSA) is 94.8 Å². The normalized spacial score (nSPS) is 15.5. The molecule has 0 bridgehead atoms. The monoisotopic (exact) mass is 418 g/mol. The van der Waals surface area contributed by atoms with Crippen molar-refractivity contribution in [3.8, 4) is 0 Å². The summed E-state index contributed by atoms with van der Waals surface area (Å²) in [5, 5.41) is 10.6. The molecular formula is C19H17F3N6O2. The van der Waals surface area contributed by atoms with Crippen LogP contribution in [0.1, 0.15) is 27.7 Å². The maximum absolute atomic E-state index is 12.8. The van der Waals surface area contributed by atoms with Crippen molar-refractivity contribution >= 4 is 11.6 Å². The fourth-order valence-corrected chi connectivity index (χ4v) is 3.23. The van der Waals surface area contributed by atoms with Crippen LogP contribution in [-0.2, 0) is 29.8 Å². The lowest BCUT2D eigenvalue weighted by atomic mass is 9.75. The number of benzene rings is 1. The summed E-state index contributed by atoms with van der Waals surface area (Å²) in [4.78, 5) is 18.9. The number of hydrogen-bond donors (Lipinski definition) is 1. The fourth-order valence-electron chi connectivity index (χ4n) is 3.23. The molecule has 1 aliphatic rings. The lowest BCUT2D eigenvalue weighted by Gasteiger charge is -2.41. The van der Waals surface area contributed by atoms with Gasteiger partial charge >= 0.3 is 6.18 Å². The van der Waals surface area contributed by atoms with E-state index >= 15 is 0 Å². The largest absolute Gasteiger partial charge is 0.451 e. The van der Waals surface area contributed by atoms with Crippen molar-refractivity contribution in [1.29, 1.82) is 0 Å². The lowest BCUT2D eigenvalue weighted by molar-refractivity contribution is -0.145. The second-order valence-electron chi connectivity index (χ2n) is 7.11. The molecule has 1 amide bonds. The van der Waals surface area contributed by atoms with Crippen LogP contribution in [0.4, 0.5) is 18.9 Å². The van der Waals surface area contributed by atoms with Crippen molar-refractivity contribution in [3.63, 3.8) is 0 Å². The van der Waals surface area contributed by atoms with Gasteiger partial charge in [0.2, 0.25) is 5.82 Å². The molecule has 0 spiro atoms. The van der Waals surface area contributed by atoms with Gasteiger partial charge in [-0.1, -0.05) is 12.1 Å². The average molecular weight is 418 g/mol. The molecule has 1 saturated heterocycles. The highest BCUT2D eigenvalue weighted by atomic mass is 19.4. The highest BCUT2D eigenvalue weighted by Gasteiger charge is 2.42. The molecule has 1 N–H and O–H groups in total. The van der Waals surface area contributed by atoms with Crippen LogP contribution in [0.25, 0.3) is 0 Å². The summed E-state index contributed by atoms with van der Waals surface area (Å²) in [5.41, 5.74) is 0.672. The summed E-state index contributed by atoms with van der Waals surface area (Å²) < 4.78 is 45.7. The highest BCUT2D eigenvalue weighted by Crippen LogP contribution is 2.36. The number of ether oxygens (including phenoxy) is 1. The molecule has 11 heteroatoms. The second kappa shape index (κ2) is 7.48. The van der Waals surface area contributed by atoms with Crippen LogP contribution in [0, 0.1) is 0 Å². The van der Waals surface area contributed by atoms with Crippen LogP contribution in [0.5, 0.6) is 0 Å². The molecule has 2 aromatic heterocycles. The molecular weight excluding hydrogens is 401 g/mol. The number of carbonyl (C=O) groups is 1. The number of nitrogens with zero attached hydrogens (tertiary/aromatic N) is 5. The zero-order valence-corrected chi connectivity index (χ0v) is 15.8. The van der Waals surface area contributed by atoms with E-state index in [-0.39, 0.29) is 11.1 Å². The summed E-state index contributed by atoms with van der Waals surface area (Å²) in [6.07, 6.45) is -1.60. The molecule has 3 heterocycles. The van der Waals surface area contributed by atoms with E-state index in [9.17, 15) is 18.0 Å². The Morgan fingerprint density at radius 3 is 2.73 bits per heavy atom. The van der Waals surface area contributed by atoms with E-state index in [1.54, 1.807) is 24.5 Å². The molecule has 0 aliphatic carbocycles. The Hall–Kier alpha value is -3.34. The smallest absolute Gasteiger partial charge is 0.379 e. The van der Waals surface area contributed by atoms with Gasteiger partial charge in [-0.15, -0.1) is 10.2 Å². The Balaban J connectivity index is 1.55. The summed E-state index contributed by atoms with van der Waals surface area (Å²) in [6.45, 7) is 0.968. The maximum Gasteiger partial charge on any atom is 0.451 e. The first-order valence-corrected chi connectivity index (χ1v) is 9.00. The number of amides is 1. The summed E-state index contributed by atoms with van der Waals surface area (Å²) in [6, 6.07) is 8.25. The van der Waals surface area contributed by atoms with Gasteiger partial charge in [-0.05, 0) is 23.8 Å². The molecule has 4 rings (SSSR count). The Bertz CT molecular complexity index is 1080. The summed E-state index contributed by atoms with van der Waals surface area (Å²) in [5.74, 6) is -1.32. The first-order valence-electron chi connectivity index (χ1n) is 9.00. The van der Waals surface area contributed by atoms with Crippen LogP contribution in [-0.4, -0.2) is 43.9 Å². The fraction of sp³-hybridized carbons (Fsp3) is 0.316. The van der Waals surface area contributed by atoms with Crippen molar-refractivity contribution in [2.45, 2.75) is 18.0 Å². The van der Waals surface area contributed by atoms with Gasteiger partial charge in [0, 0.05) is 30.8 Å². The molecule has 0 radical (unpaired) electrons. The third kappa shape index (κ3) is 3.88. The zero-order valence-electron chi connectivity index (χ0n) is 15.8. The van der Waals surface area contributed by atoms with E-state index in [0.717, 1.165) is 23.7 Å². The van der Waals surface area contributed by atoms with Crippen molar-refractivity contribution in [3.05, 3.63) is 65.8 Å². The van der Waals surface area contributed by atoms with Gasteiger partial charge in [0.05, 0.1) is 13.2 Å². The molecule has 1 aliphatic heterocycles. The quantitative estimate of drug-likeness (QED) is 0.684. The van der Waals surface area contributed by atoms with E-state index in [0.29, 0.717) is 25.3 Å². The first kappa shape index (κ1) is 20.0. The molecule has 30 heavy (non-hydrogen) atoms. The van der Waals surface area contributed by atoms with Gasteiger partial charge in [-0.25, -0.2) is 9.97 Å². The number of nitrogens with one attached hydrogen (secondary N) is 1. The molecule has 156 valence electrons. The third-order valence-electron chi connectivity index (χ3n) is 4.93. The van der Waals surface area contributed by atoms with Crippen LogP contribution in [0.15, 0.2) is 42.9 Å². The van der Waals surface area contributed by atoms with Crippen molar-refractivity contribution in [1.82, 2.24) is 24.7 Å². The summed E-state index contributed by atoms with van der Waals surface area (Å²) >= 11 is 0. The maximum atomic E-state index is 12.8. The van der Waals surface area contributed by atoms with E-state index in [1.807, 2.05) is 17.7 Å². The molecule has 0 unspecified atom stereocenters. The van der Waals surface area contributed by atoms with Gasteiger partial charge in [-0.3, -0.25) is 4.79 Å². The first-order chi connectivity index (χ1) is 14.3. The zero-order chi connectivity index (χ0) is 21.4. The van der Waals surface area contributed by atoms with E-state index in [1.165, 1.54) is 0 Å². The number of halogens is 3. The molecule has 1 fully saturated rings. The molecule has 1 aromatic carbocycles. The van der Waals surface area contributed by atoms with Crippen LogP contribution in [0.3, 0.4) is 0 Å². The average Bonchev–Trinajstić information content (AvgIpc) is 3.09. The van der Waals surface area contributed by atoms with Crippen LogP contribution in [0.2, 0.25) is 0 Å². The number of alkyl halides is 3. The SMILES string of the molecule is Cn1cnnc1CC1(c2cccc(NC(=O)c3ccnc(C(F)(F)F)n3)c2)COC1. The minimum Gasteiger partial charge on any atom is -0.379 e. The molecule has 8 nitrogen and oxygen atoms in total. The van der Waals surface area contributed by atoms with Gasteiger partial charge in [0.15, 0.2) is 0 Å². The Morgan fingerprint density at radius 1 is 1.30 bits per heavy atom. The Morgan fingerprint density at radius 2 is 2.10 bits per heavy atom. The van der Waals surface area contributed by atoms with Crippen molar-refractivity contribution in [2.24, 2.45) is 7.05 Å². The predicted molar refractivity (Wildman–Crippen MR) is 98.6 cm³/mol. The van der Waals surface area contributed by atoms with Crippen molar-refractivity contribution < 1.29 is 22.7 Å². The van der Waals surface area contributed by atoms with Crippen molar-refractivity contribution in [2.75, 3.05) is 18.5 Å². The lowest BCUT2D eigenvalue weighted by Crippen LogP contribution is -2.49. The number of anilines is 1. The highest BCUT2D eigenvalue weighted by molar-refractivity contribution is 6.02. The summed E-state index contributed by atoms with van der Waals surface area (Å²) in [7, 11) is 1.86. The predicted octanol–water partition coefficient (Wildman–Crippen LogP) is 2.39. The standard InChI is InChI=1S/C19H17F3N6O2/c1-28-11-24-27-15(28)8-18(9-30-10-18)12-3-2-4-13(7-12)25-16(29)14-5-6-23-17(26-14)19(20,21)22/h2-7,11H,8-10H2,1H3,(H,25,29). The van der Waals surface area contributed by atoms with E-state index in [2.05, 4.69) is 25.5 Å². The Labute approximate surface area is 169 Å². The molecule has 0 atom stereocenters.